The highest BCUT2D eigenvalue weighted by molar-refractivity contribution is 9.10. The second kappa shape index (κ2) is 7.91. The normalized spacial score (nSPS) is 10.5. The first-order chi connectivity index (χ1) is 9.01. The Morgan fingerprint density at radius 2 is 1.95 bits per heavy atom. The number of rotatable bonds is 7. The van der Waals surface area contributed by atoms with Crippen molar-refractivity contribution < 1.29 is 14.7 Å². The number of carbonyl (C=O) groups excluding carboxylic acids is 1. The largest absolute Gasteiger partial charge is 0.481 e. The maximum absolute atomic E-state index is 11.8. The number of amides is 1. The Kier molecular flexibility index (Phi) is 6.52. The van der Waals surface area contributed by atoms with Gasteiger partial charge in [0.1, 0.15) is 0 Å². The number of anilines is 1. The van der Waals surface area contributed by atoms with E-state index in [1.54, 1.807) is 17.0 Å². The van der Waals surface area contributed by atoms with Gasteiger partial charge in [-0.2, -0.15) is 0 Å². The number of carbonyl (C=O) groups is 2. The first kappa shape index (κ1) is 15.7. The molecule has 19 heavy (non-hydrogen) atoms. The molecule has 0 saturated heterocycles. The van der Waals surface area contributed by atoms with Crippen LogP contribution >= 0.6 is 15.9 Å². The van der Waals surface area contributed by atoms with Gasteiger partial charge in [-0.1, -0.05) is 22.9 Å². The van der Waals surface area contributed by atoms with Crippen LogP contribution < -0.4 is 5.32 Å². The molecule has 1 rings (SSSR count). The minimum Gasteiger partial charge on any atom is -0.481 e. The Morgan fingerprint density at radius 3 is 2.47 bits per heavy atom. The predicted molar refractivity (Wildman–Crippen MR) is 77.1 cm³/mol. The van der Waals surface area contributed by atoms with E-state index in [-0.39, 0.29) is 18.9 Å². The summed E-state index contributed by atoms with van der Waals surface area (Å²) in [5.41, 5.74) is 0.725. The summed E-state index contributed by atoms with van der Waals surface area (Å²) in [7, 11) is 0. The smallest absolute Gasteiger partial charge is 0.304 e. The summed E-state index contributed by atoms with van der Waals surface area (Å²) in [5, 5.41) is 11.4. The number of likely N-dealkylation sites (N-methyl/N-ethyl adjacent to an activating group) is 1. The van der Waals surface area contributed by atoms with Gasteiger partial charge in [-0.3, -0.25) is 14.5 Å². The Hall–Kier alpha value is -1.40. The van der Waals surface area contributed by atoms with Crippen molar-refractivity contribution in [1.82, 2.24) is 4.90 Å². The summed E-state index contributed by atoms with van der Waals surface area (Å²) in [6, 6.07) is 7.29. The summed E-state index contributed by atoms with van der Waals surface area (Å²) >= 11 is 3.32. The van der Waals surface area contributed by atoms with Crippen molar-refractivity contribution in [3.8, 4) is 0 Å². The fourth-order valence-corrected chi connectivity index (χ4v) is 1.80. The maximum Gasteiger partial charge on any atom is 0.304 e. The summed E-state index contributed by atoms with van der Waals surface area (Å²) < 4.78 is 0.946. The van der Waals surface area contributed by atoms with Crippen molar-refractivity contribution in [3.05, 3.63) is 28.7 Å². The number of hydrogen-bond acceptors (Lipinski definition) is 3. The molecule has 0 atom stereocenters. The molecular formula is C13H17BrN2O3. The number of carboxylic acid groups (broad SMARTS) is 1. The minimum atomic E-state index is -0.855. The fraction of sp³-hybridized carbons (Fsp3) is 0.385. The van der Waals surface area contributed by atoms with E-state index in [1.165, 1.54) is 0 Å². The maximum atomic E-state index is 11.8. The lowest BCUT2D eigenvalue weighted by Crippen LogP contribution is -2.34. The van der Waals surface area contributed by atoms with Crippen molar-refractivity contribution >= 4 is 33.5 Å². The fourth-order valence-electron chi connectivity index (χ4n) is 1.54. The van der Waals surface area contributed by atoms with Gasteiger partial charge in [0.2, 0.25) is 5.91 Å². The quantitative estimate of drug-likeness (QED) is 0.804. The van der Waals surface area contributed by atoms with E-state index in [4.69, 9.17) is 5.11 Å². The Labute approximate surface area is 120 Å². The topological polar surface area (TPSA) is 69.6 Å². The molecule has 0 aliphatic heterocycles. The molecule has 0 aliphatic rings. The molecule has 0 fully saturated rings. The Balaban J connectivity index is 2.44. The first-order valence-electron chi connectivity index (χ1n) is 6.01. The van der Waals surface area contributed by atoms with Gasteiger partial charge in [-0.05, 0) is 30.8 Å². The van der Waals surface area contributed by atoms with Gasteiger partial charge in [0.05, 0.1) is 13.0 Å². The van der Waals surface area contributed by atoms with E-state index < -0.39 is 5.97 Å². The third-order valence-electron chi connectivity index (χ3n) is 2.58. The van der Waals surface area contributed by atoms with E-state index in [2.05, 4.69) is 21.2 Å². The van der Waals surface area contributed by atoms with Crippen LogP contribution in [0.1, 0.15) is 13.3 Å². The zero-order chi connectivity index (χ0) is 14.3. The highest BCUT2D eigenvalue weighted by atomic mass is 79.9. The molecule has 0 radical (unpaired) electrons. The van der Waals surface area contributed by atoms with Crippen LogP contribution in [0.15, 0.2) is 28.7 Å². The highest BCUT2D eigenvalue weighted by Crippen LogP contribution is 2.13. The van der Waals surface area contributed by atoms with E-state index in [9.17, 15) is 9.59 Å². The molecular weight excluding hydrogens is 312 g/mol. The molecule has 0 spiro atoms. The second-order valence-electron chi connectivity index (χ2n) is 4.07. The molecule has 0 unspecified atom stereocenters. The first-order valence-corrected chi connectivity index (χ1v) is 6.80. The molecule has 1 aromatic rings. The number of aliphatic carboxylic acids is 1. The molecule has 5 nitrogen and oxygen atoms in total. The highest BCUT2D eigenvalue weighted by Gasteiger charge is 2.10. The average Bonchev–Trinajstić information content (AvgIpc) is 2.37. The number of hydrogen-bond donors (Lipinski definition) is 2. The number of halogens is 1. The number of nitrogens with zero attached hydrogens (tertiary/aromatic N) is 1. The SMILES string of the molecule is CCN(CCC(=O)O)CC(=O)Nc1ccc(Br)cc1. The van der Waals surface area contributed by atoms with Crippen molar-refractivity contribution in [3.63, 3.8) is 0 Å². The van der Waals surface area contributed by atoms with Crippen LogP contribution in [0.2, 0.25) is 0 Å². The summed E-state index contributed by atoms with van der Waals surface area (Å²) in [6.45, 7) is 3.11. The minimum absolute atomic E-state index is 0.0411. The van der Waals surface area contributed by atoms with Gasteiger partial charge in [0.15, 0.2) is 0 Å². The van der Waals surface area contributed by atoms with E-state index in [0.29, 0.717) is 13.1 Å². The van der Waals surface area contributed by atoms with Crippen LogP contribution in [0.25, 0.3) is 0 Å². The zero-order valence-electron chi connectivity index (χ0n) is 10.7. The van der Waals surface area contributed by atoms with E-state index in [0.717, 1.165) is 10.2 Å². The van der Waals surface area contributed by atoms with Crippen LogP contribution in [-0.2, 0) is 9.59 Å². The van der Waals surface area contributed by atoms with Gasteiger partial charge in [-0.15, -0.1) is 0 Å². The molecule has 2 N–H and O–H groups in total. The van der Waals surface area contributed by atoms with E-state index in [1.807, 2.05) is 19.1 Å². The zero-order valence-corrected chi connectivity index (χ0v) is 12.3. The molecule has 6 heteroatoms. The second-order valence-corrected chi connectivity index (χ2v) is 4.98. The van der Waals surface area contributed by atoms with Crippen molar-refractivity contribution in [1.29, 1.82) is 0 Å². The van der Waals surface area contributed by atoms with Crippen molar-refractivity contribution in [2.24, 2.45) is 0 Å². The lowest BCUT2D eigenvalue weighted by molar-refractivity contribution is -0.137. The van der Waals surface area contributed by atoms with Crippen LogP contribution in [0.5, 0.6) is 0 Å². The van der Waals surface area contributed by atoms with Crippen LogP contribution in [-0.4, -0.2) is 41.5 Å². The molecule has 0 aliphatic carbocycles. The van der Waals surface area contributed by atoms with E-state index >= 15 is 0 Å². The molecule has 0 bridgehead atoms. The Bertz CT molecular complexity index is 434. The number of benzene rings is 1. The van der Waals surface area contributed by atoms with Crippen molar-refractivity contribution in [2.75, 3.05) is 25.0 Å². The molecule has 104 valence electrons. The standard InChI is InChI=1S/C13H17BrN2O3/c1-2-16(8-7-13(18)19)9-12(17)15-11-5-3-10(14)4-6-11/h3-6H,2,7-9H2,1H3,(H,15,17)(H,18,19). The van der Waals surface area contributed by atoms with Gasteiger partial charge in [0, 0.05) is 16.7 Å². The predicted octanol–water partition coefficient (Wildman–Crippen LogP) is 2.18. The van der Waals surface area contributed by atoms with Gasteiger partial charge in [0.25, 0.3) is 0 Å². The third kappa shape index (κ3) is 6.35. The molecule has 0 saturated carbocycles. The molecule has 0 heterocycles. The van der Waals surface area contributed by atoms with Crippen LogP contribution in [0.3, 0.4) is 0 Å². The molecule has 1 aromatic carbocycles. The summed E-state index contributed by atoms with van der Waals surface area (Å²) in [5.74, 6) is -0.999. The number of nitrogens with one attached hydrogen (secondary N) is 1. The molecule has 1 amide bonds. The van der Waals surface area contributed by atoms with Gasteiger partial charge < -0.3 is 10.4 Å². The summed E-state index contributed by atoms with van der Waals surface area (Å²) in [4.78, 5) is 24.1. The lowest BCUT2D eigenvalue weighted by atomic mass is 10.3. The van der Waals surface area contributed by atoms with Gasteiger partial charge >= 0.3 is 5.97 Å². The Morgan fingerprint density at radius 1 is 1.32 bits per heavy atom. The average molecular weight is 329 g/mol. The number of carboxylic acids is 1. The van der Waals surface area contributed by atoms with Crippen LogP contribution in [0, 0.1) is 0 Å². The molecule has 0 aromatic heterocycles. The van der Waals surface area contributed by atoms with Crippen LogP contribution in [0.4, 0.5) is 5.69 Å². The van der Waals surface area contributed by atoms with Gasteiger partial charge in [-0.25, -0.2) is 0 Å². The monoisotopic (exact) mass is 328 g/mol. The summed E-state index contributed by atoms with van der Waals surface area (Å²) in [6.07, 6.45) is 0.0411. The lowest BCUT2D eigenvalue weighted by Gasteiger charge is -2.18. The van der Waals surface area contributed by atoms with Crippen molar-refractivity contribution in [2.45, 2.75) is 13.3 Å². The third-order valence-corrected chi connectivity index (χ3v) is 3.11.